The van der Waals surface area contributed by atoms with Crippen molar-refractivity contribution in [2.45, 2.75) is 69.6 Å². The number of nitrogens with zero attached hydrogens (tertiary/aromatic N) is 3. The van der Waals surface area contributed by atoms with Crippen molar-refractivity contribution in [1.29, 1.82) is 0 Å². The van der Waals surface area contributed by atoms with E-state index in [-0.39, 0.29) is 20.1 Å². The van der Waals surface area contributed by atoms with E-state index in [0.717, 1.165) is 55.6 Å². The summed E-state index contributed by atoms with van der Waals surface area (Å²) >= 11 is -2.01. The van der Waals surface area contributed by atoms with E-state index in [4.69, 9.17) is 14.4 Å². The number of fused-ring (bicyclic) bond motifs is 4. The molecule has 9 rings (SSSR count). The first-order valence-corrected chi connectivity index (χ1v) is 27.8. The zero-order valence-electron chi connectivity index (χ0n) is 35.2. The van der Waals surface area contributed by atoms with Crippen molar-refractivity contribution in [3.8, 4) is 28.3 Å². The van der Waals surface area contributed by atoms with Gasteiger partial charge in [0.2, 0.25) is 0 Å². The van der Waals surface area contributed by atoms with Crippen LogP contribution < -0.4 is 4.40 Å². The number of pyridine rings is 1. The molecule has 0 bridgehead atoms. The van der Waals surface area contributed by atoms with Gasteiger partial charge in [-0.2, -0.15) is 0 Å². The SMILES string of the molecule is CC(C)c1cccc(C(C)C)c1-n1c(-c2[c-]ccc3c2oc2ccccc23)nc2ccccc21.CC(c1ccccc1)c1cc(-c2[c-]cccc2)nc[c]1[Ge]([CH3])([CH3])[CH3].[Ir]. The first-order valence-electron chi connectivity index (χ1n) is 20.5. The van der Waals surface area contributed by atoms with Crippen LogP contribution in [0.4, 0.5) is 0 Å². The summed E-state index contributed by atoms with van der Waals surface area (Å²) in [4.78, 5) is 9.92. The van der Waals surface area contributed by atoms with Gasteiger partial charge in [-0.05, 0) is 41.2 Å². The Morgan fingerprint density at radius 1 is 0.644 bits per heavy atom. The minimum absolute atomic E-state index is 0. The minimum atomic E-state index is -2.01. The van der Waals surface area contributed by atoms with Crippen molar-refractivity contribution in [2.75, 3.05) is 0 Å². The summed E-state index contributed by atoms with van der Waals surface area (Å²) in [5.41, 5.74) is 13.4. The Morgan fingerprint density at radius 2 is 1.32 bits per heavy atom. The summed E-state index contributed by atoms with van der Waals surface area (Å²) in [6.45, 7) is 11.3. The molecular formula is C53H51GeIrN3O-2. The van der Waals surface area contributed by atoms with E-state index in [1.54, 1.807) is 0 Å². The summed E-state index contributed by atoms with van der Waals surface area (Å²) in [5.74, 6) is 9.28. The second-order valence-electron chi connectivity index (χ2n) is 16.9. The quantitative estimate of drug-likeness (QED) is 0.113. The maximum atomic E-state index is 6.40. The maximum Gasteiger partial charge on any atom is 0 e. The predicted octanol–water partition coefficient (Wildman–Crippen LogP) is 13.9. The molecule has 59 heavy (non-hydrogen) atoms. The third-order valence-electron chi connectivity index (χ3n) is 11.2. The Balaban J connectivity index is 0.000000187. The number of furan rings is 1. The monoisotopic (exact) mass is 1010 g/mol. The Bertz CT molecular complexity index is 2830. The summed E-state index contributed by atoms with van der Waals surface area (Å²) in [6, 6.07) is 55.2. The van der Waals surface area contributed by atoms with Crippen molar-refractivity contribution < 1.29 is 24.5 Å². The Labute approximate surface area is 365 Å². The molecule has 0 amide bonds. The Hall–Kier alpha value is -5.07. The Morgan fingerprint density at radius 3 is 2.02 bits per heavy atom. The van der Waals surface area contributed by atoms with Gasteiger partial charge in [-0.1, -0.05) is 87.2 Å². The molecule has 0 spiro atoms. The van der Waals surface area contributed by atoms with Crippen LogP contribution in [0.3, 0.4) is 0 Å². The molecule has 0 aliphatic carbocycles. The van der Waals surface area contributed by atoms with Gasteiger partial charge in [0.05, 0.1) is 22.4 Å². The van der Waals surface area contributed by atoms with Crippen molar-refractivity contribution in [2.24, 2.45) is 0 Å². The van der Waals surface area contributed by atoms with Crippen LogP contribution in [-0.4, -0.2) is 27.8 Å². The summed E-state index contributed by atoms with van der Waals surface area (Å²) in [6.07, 6.45) is 2.13. The van der Waals surface area contributed by atoms with Crippen molar-refractivity contribution in [3.05, 3.63) is 180 Å². The fourth-order valence-electron chi connectivity index (χ4n) is 8.12. The largest absolute Gasteiger partial charge is 0 e. The molecule has 6 aromatic carbocycles. The molecule has 3 heterocycles. The predicted molar refractivity (Wildman–Crippen MR) is 246 cm³/mol. The zero-order valence-corrected chi connectivity index (χ0v) is 39.7. The van der Waals surface area contributed by atoms with Crippen molar-refractivity contribution in [3.63, 3.8) is 0 Å². The first-order chi connectivity index (χ1) is 28.0. The average molecular weight is 1010 g/mol. The number of benzene rings is 6. The van der Waals surface area contributed by atoms with E-state index in [1.165, 1.54) is 32.3 Å². The zero-order chi connectivity index (χ0) is 40.6. The van der Waals surface area contributed by atoms with E-state index in [9.17, 15) is 0 Å². The van der Waals surface area contributed by atoms with E-state index >= 15 is 0 Å². The molecule has 0 aliphatic heterocycles. The summed E-state index contributed by atoms with van der Waals surface area (Å²) in [7, 11) is 0. The van der Waals surface area contributed by atoms with Gasteiger partial charge in [0.15, 0.2) is 0 Å². The van der Waals surface area contributed by atoms with Gasteiger partial charge in [0, 0.05) is 31.2 Å². The molecule has 6 heteroatoms. The van der Waals surface area contributed by atoms with Gasteiger partial charge in [-0.15, -0.1) is 18.2 Å². The Kier molecular flexibility index (Phi) is 12.6. The maximum absolute atomic E-state index is 6.40. The summed E-state index contributed by atoms with van der Waals surface area (Å²) < 4.78 is 10.2. The third kappa shape index (κ3) is 8.39. The molecule has 9 aromatic rings. The molecule has 3 aromatic heterocycles. The molecule has 1 radical (unpaired) electrons. The normalized spacial score (nSPS) is 12.2. The van der Waals surface area contributed by atoms with Crippen LogP contribution in [0, 0.1) is 12.1 Å². The smallest absolute Gasteiger partial charge is 0 e. The van der Waals surface area contributed by atoms with Crippen LogP contribution >= 0.6 is 0 Å². The summed E-state index contributed by atoms with van der Waals surface area (Å²) in [5, 5.41) is 2.20. The van der Waals surface area contributed by atoms with Crippen LogP contribution in [0.5, 0.6) is 0 Å². The number of hydrogen-bond donors (Lipinski definition) is 0. The van der Waals surface area contributed by atoms with Crippen LogP contribution in [0.1, 0.15) is 74.6 Å². The molecule has 0 saturated carbocycles. The number of rotatable bonds is 8. The standard InChI is InChI=1S/C31H27N2O.C22H24GeN.Ir/c1-19(2)21-12-9-13-22(20(3)4)29(21)33-27-17-7-6-16-26(27)32-31(33)25-15-10-14-24-23-11-5-8-18-28(23)34-30(24)25;1-17(18-11-7-5-8-12-18)20-15-22(19-13-9-6-10-14-19)24-16-21(20)23(2,3)4;/h5-14,16-20H,1-4H3;5-13,15-17H,1-4H3;/q2*-1;. The van der Waals surface area contributed by atoms with E-state index in [2.05, 4.69) is 172 Å². The van der Waals surface area contributed by atoms with Crippen molar-refractivity contribution >= 4 is 50.6 Å². The van der Waals surface area contributed by atoms with Gasteiger partial charge >= 0.3 is 148 Å². The number of imidazole rings is 1. The van der Waals surface area contributed by atoms with Crippen LogP contribution in [0.2, 0.25) is 17.3 Å². The van der Waals surface area contributed by atoms with E-state index in [0.29, 0.717) is 17.8 Å². The molecule has 0 aliphatic rings. The average Bonchev–Trinajstić information content (AvgIpc) is 3.82. The molecule has 4 nitrogen and oxygen atoms in total. The number of aromatic nitrogens is 3. The van der Waals surface area contributed by atoms with Gasteiger partial charge in [-0.25, -0.2) is 0 Å². The molecular weight excluding hydrogens is 959 g/mol. The van der Waals surface area contributed by atoms with Gasteiger partial charge in [0.25, 0.3) is 0 Å². The van der Waals surface area contributed by atoms with E-state index in [1.807, 2.05) is 42.5 Å². The second-order valence-corrected chi connectivity index (χ2v) is 27.4. The molecule has 299 valence electrons. The van der Waals surface area contributed by atoms with Gasteiger partial charge < -0.3 is 8.98 Å². The first kappa shape index (κ1) is 42.1. The van der Waals surface area contributed by atoms with Gasteiger partial charge in [0.1, 0.15) is 5.58 Å². The van der Waals surface area contributed by atoms with Crippen LogP contribution in [-0.2, 0) is 20.1 Å². The fraction of sp³-hybridized carbons (Fsp3) is 0.208. The molecule has 0 N–H and O–H groups in total. The number of para-hydroxylation sites is 4. The second kappa shape index (κ2) is 17.7. The fourth-order valence-corrected chi connectivity index (χ4v) is 11.5. The topological polar surface area (TPSA) is 43.9 Å². The number of hydrogen-bond acceptors (Lipinski definition) is 3. The third-order valence-corrected chi connectivity index (χ3v) is 15.5. The van der Waals surface area contributed by atoms with Gasteiger partial charge in [-0.3, -0.25) is 4.98 Å². The molecule has 1 atom stereocenters. The van der Waals surface area contributed by atoms with Crippen LogP contribution in [0.15, 0.2) is 150 Å². The van der Waals surface area contributed by atoms with E-state index < -0.39 is 13.3 Å². The molecule has 0 fully saturated rings. The van der Waals surface area contributed by atoms with Crippen molar-refractivity contribution in [1.82, 2.24) is 14.5 Å². The molecule has 0 saturated heterocycles. The molecule has 1 unspecified atom stereocenters. The minimum Gasteiger partial charge on any atom is 0 e. The van der Waals surface area contributed by atoms with Crippen LogP contribution in [0.25, 0.3) is 61.3 Å².